The molecule has 0 heterocycles. The maximum absolute atomic E-state index is 10.9. The van der Waals surface area contributed by atoms with E-state index in [0.717, 1.165) is 12.2 Å². The minimum absolute atomic E-state index is 0.142. The first kappa shape index (κ1) is 11.4. The molecule has 0 saturated carbocycles. The summed E-state index contributed by atoms with van der Waals surface area (Å²) >= 11 is 0. The Bertz CT molecular complexity index is 300. The zero-order valence-electron chi connectivity index (χ0n) is 9.16. The number of amides is 2. The second kappa shape index (κ2) is 5.90. The fourth-order valence-electron chi connectivity index (χ4n) is 1.24. The van der Waals surface area contributed by atoms with Crippen LogP contribution >= 0.6 is 0 Å². The minimum atomic E-state index is -0.142. The zero-order chi connectivity index (χ0) is 11.1. The Kier molecular flexibility index (Phi) is 4.47. The molecule has 0 saturated heterocycles. The van der Waals surface area contributed by atoms with E-state index in [0.29, 0.717) is 6.54 Å². The summed E-state index contributed by atoms with van der Waals surface area (Å²) in [5.41, 5.74) is 1.15. The van der Waals surface area contributed by atoms with Gasteiger partial charge in [-0.1, -0.05) is 18.2 Å². The monoisotopic (exact) mass is 207 g/mol. The Balaban J connectivity index is 2.31. The lowest BCUT2D eigenvalue weighted by atomic mass is 10.3. The molecule has 1 rings (SSSR count). The number of carbonyl (C=O) groups is 1. The first-order valence-electron chi connectivity index (χ1n) is 4.96. The molecule has 2 N–H and O–H groups in total. The van der Waals surface area contributed by atoms with Crippen molar-refractivity contribution in [3.8, 4) is 0 Å². The first-order chi connectivity index (χ1) is 7.24. The Morgan fingerprint density at radius 1 is 1.33 bits per heavy atom. The number of benzene rings is 1. The zero-order valence-corrected chi connectivity index (χ0v) is 9.16. The summed E-state index contributed by atoms with van der Waals surface area (Å²) in [7, 11) is 3.61. The number of carbonyl (C=O) groups excluding carboxylic acids is 1. The molecule has 0 aromatic heterocycles. The number of urea groups is 1. The van der Waals surface area contributed by atoms with Crippen LogP contribution in [-0.4, -0.2) is 33.2 Å². The Hall–Kier alpha value is -1.71. The van der Waals surface area contributed by atoms with Gasteiger partial charge in [-0.3, -0.25) is 0 Å². The van der Waals surface area contributed by atoms with Crippen LogP contribution in [0.3, 0.4) is 0 Å². The number of likely N-dealkylation sites (N-methyl/N-ethyl adjacent to an activating group) is 1. The van der Waals surface area contributed by atoms with Gasteiger partial charge in [0.15, 0.2) is 0 Å². The van der Waals surface area contributed by atoms with Gasteiger partial charge in [-0.2, -0.15) is 0 Å². The van der Waals surface area contributed by atoms with Crippen LogP contribution in [0.2, 0.25) is 0 Å². The van der Waals surface area contributed by atoms with Crippen LogP contribution in [0.4, 0.5) is 10.5 Å². The van der Waals surface area contributed by atoms with E-state index in [1.165, 1.54) is 0 Å². The van der Waals surface area contributed by atoms with Gasteiger partial charge in [0.2, 0.25) is 0 Å². The summed E-state index contributed by atoms with van der Waals surface area (Å²) in [4.78, 5) is 13.0. The van der Waals surface area contributed by atoms with Crippen LogP contribution < -0.4 is 15.5 Å². The summed E-state index contributed by atoms with van der Waals surface area (Å²) in [6.45, 7) is 1.42. The summed E-state index contributed by atoms with van der Waals surface area (Å²) in [6.07, 6.45) is 0. The van der Waals surface area contributed by atoms with Gasteiger partial charge in [0.05, 0.1) is 0 Å². The summed E-state index contributed by atoms with van der Waals surface area (Å²) < 4.78 is 0. The highest BCUT2D eigenvalue weighted by Crippen LogP contribution is 2.09. The third kappa shape index (κ3) is 3.89. The number of nitrogens with one attached hydrogen (secondary N) is 2. The molecule has 4 heteroatoms. The van der Waals surface area contributed by atoms with Gasteiger partial charge in [-0.15, -0.1) is 0 Å². The molecule has 0 spiro atoms. The fraction of sp³-hybridized carbons (Fsp3) is 0.364. The molecule has 1 aromatic rings. The molecule has 0 aliphatic rings. The van der Waals surface area contributed by atoms with Gasteiger partial charge in [0, 0.05) is 32.9 Å². The molecule has 0 bridgehead atoms. The summed E-state index contributed by atoms with van der Waals surface area (Å²) in [5.74, 6) is 0. The van der Waals surface area contributed by atoms with Crippen molar-refractivity contribution in [2.45, 2.75) is 0 Å². The lowest BCUT2D eigenvalue weighted by Gasteiger charge is -2.19. The minimum Gasteiger partial charge on any atom is -0.373 e. The van der Waals surface area contributed by atoms with Gasteiger partial charge in [0.1, 0.15) is 0 Å². The van der Waals surface area contributed by atoms with Crippen molar-refractivity contribution in [3.05, 3.63) is 30.3 Å². The highest BCUT2D eigenvalue weighted by molar-refractivity contribution is 5.73. The standard InChI is InChI=1S/C11H17N3O/c1-12-11(15)13-8-9-14(2)10-6-4-3-5-7-10/h3-7H,8-9H2,1-2H3,(H2,12,13,15). The topological polar surface area (TPSA) is 44.4 Å². The largest absolute Gasteiger partial charge is 0.373 e. The molecule has 1 aromatic carbocycles. The average Bonchev–Trinajstić information content (AvgIpc) is 2.29. The average molecular weight is 207 g/mol. The first-order valence-corrected chi connectivity index (χ1v) is 4.96. The molecule has 82 valence electrons. The second-order valence-electron chi connectivity index (χ2n) is 3.26. The van der Waals surface area contributed by atoms with Gasteiger partial charge >= 0.3 is 6.03 Å². The summed E-state index contributed by atoms with van der Waals surface area (Å²) in [5, 5.41) is 5.25. The van der Waals surface area contributed by atoms with Crippen LogP contribution in [-0.2, 0) is 0 Å². The summed E-state index contributed by atoms with van der Waals surface area (Å²) in [6, 6.07) is 9.92. The SMILES string of the molecule is CNC(=O)NCCN(C)c1ccccc1. The van der Waals surface area contributed by atoms with Crippen molar-refractivity contribution in [2.75, 3.05) is 32.1 Å². The van der Waals surface area contributed by atoms with Gasteiger partial charge in [-0.05, 0) is 12.1 Å². The van der Waals surface area contributed by atoms with Crippen LogP contribution in [0.25, 0.3) is 0 Å². The smallest absolute Gasteiger partial charge is 0.314 e. The van der Waals surface area contributed by atoms with E-state index in [9.17, 15) is 4.79 Å². The molecule has 2 amide bonds. The van der Waals surface area contributed by atoms with Gasteiger partial charge in [-0.25, -0.2) is 4.79 Å². The van der Waals surface area contributed by atoms with Crippen LogP contribution in [0.15, 0.2) is 30.3 Å². The molecule has 0 radical (unpaired) electrons. The van der Waals surface area contributed by atoms with E-state index in [-0.39, 0.29) is 6.03 Å². The highest BCUT2D eigenvalue weighted by Gasteiger charge is 2.00. The molecule has 15 heavy (non-hydrogen) atoms. The van der Waals surface area contributed by atoms with E-state index >= 15 is 0 Å². The molecule has 0 aliphatic carbocycles. The number of hydrogen-bond donors (Lipinski definition) is 2. The van der Waals surface area contributed by atoms with Crippen molar-refractivity contribution in [1.82, 2.24) is 10.6 Å². The Morgan fingerprint density at radius 3 is 2.60 bits per heavy atom. The molecular formula is C11H17N3O. The van der Waals surface area contributed by atoms with E-state index in [1.807, 2.05) is 37.4 Å². The number of para-hydroxylation sites is 1. The number of hydrogen-bond acceptors (Lipinski definition) is 2. The molecule has 0 atom stereocenters. The third-order valence-electron chi connectivity index (χ3n) is 2.16. The molecule has 4 nitrogen and oxygen atoms in total. The quantitative estimate of drug-likeness (QED) is 0.775. The van der Waals surface area contributed by atoms with Crippen LogP contribution in [0.5, 0.6) is 0 Å². The van der Waals surface area contributed by atoms with Crippen molar-refractivity contribution in [1.29, 1.82) is 0 Å². The maximum atomic E-state index is 10.9. The van der Waals surface area contributed by atoms with Crippen molar-refractivity contribution in [2.24, 2.45) is 0 Å². The highest BCUT2D eigenvalue weighted by atomic mass is 16.2. The number of anilines is 1. The number of rotatable bonds is 4. The Labute approximate surface area is 90.3 Å². The van der Waals surface area contributed by atoms with E-state index in [2.05, 4.69) is 15.5 Å². The van der Waals surface area contributed by atoms with Gasteiger partial charge < -0.3 is 15.5 Å². The predicted molar refractivity (Wildman–Crippen MR) is 62.2 cm³/mol. The Morgan fingerprint density at radius 2 is 2.00 bits per heavy atom. The fourth-order valence-corrected chi connectivity index (χ4v) is 1.24. The molecular weight excluding hydrogens is 190 g/mol. The molecule has 0 fully saturated rings. The lowest BCUT2D eigenvalue weighted by molar-refractivity contribution is 0.243. The third-order valence-corrected chi connectivity index (χ3v) is 2.16. The van der Waals surface area contributed by atoms with Crippen LogP contribution in [0.1, 0.15) is 0 Å². The van der Waals surface area contributed by atoms with Crippen LogP contribution in [0, 0.1) is 0 Å². The molecule has 0 unspecified atom stereocenters. The van der Waals surface area contributed by atoms with Gasteiger partial charge in [0.25, 0.3) is 0 Å². The van der Waals surface area contributed by atoms with E-state index < -0.39 is 0 Å². The van der Waals surface area contributed by atoms with Crippen molar-refractivity contribution < 1.29 is 4.79 Å². The second-order valence-corrected chi connectivity index (χ2v) is 3.26. The van der Waals surface area contributed by atoms with Crippen molar-refractivity contribution in [3.63, 3.8) is 0 Å². The van der Waals surface area contributed by atoms with E-state index in [1.54, 1.807) is 7.05 Å². The van der Waals surface area contributed by atoms with Crippen molar-refractivity contribution >= 4 is 11.7 Å². The van der Waals surface area contributed by atoms with E-state index in [4.69, 9.17) is 0 Å². The lowest BCUT2D eigenvalue weighted by Crippen LogP contribution is -2.37. The normalized spacial score (nSPS) is 9.47. The predicted octanol–water partition coefficient (Wildman–Crippen LogP) is 1.05. The number of nitrogens with zero attached hydrogens (tertiary/aromatic N) is 1. The molecule has 0 aliphatic heterocycles. The maximum Gasteiger partial charge on any atom is 0.314 e.